The average molecular weight is 770 g/mol. The summed E-state index contributed by atoms with van der Waals surface area (Å²) in [5, 5.41) is 9.66. The van der Waals surface area contributed by atoms with Gasteiger partial charge >= 0.3 is 0 Å². The summed E-state index contributed by atoms with van der Waals surface area (Å²) in [5.74, 6) is 0. The zero-order valence-corrected chi connectivity index (χ0v) is 32.8. The highest BCUT2D eigenvalue weighted by Gasteiger charge is 2.24. The maximum Gasteiger partial charge on any atom is 0.145 e. The number of fused-ring (bicyclic) bond motifs is 9. The molecule has 0 saturated heterocycles. The number of nitrogens with zero attached hydrogens (tertiary/aromatic N) is 1. The van der Waals surface area contributed by atoms with Crippen molar-refractivity contribution in [3.05, 3.63) is 212 Å². The van der Waals surface area contributed by atoms with Gasteiger partial charge < -0.3 is 9.32 Å². The molecule has 0 fully saturated rings. The monoisotopic (exact) mass is 769 g/mol. The Morgan fingerprint density at radius 3 is 1.80 bits per heavy atom. The van der Waals surface area contributed by atoms with Crippen LogP contribution in [-0.2, 0) is 0 Å². The number of hydrogen-bond acceptors (Lipinski definition) is 3. The van der Waals surface area contributed by atoms with Crippen molar-refractivity contribution < 1.29 is 4.42 Å². The molecular formula is C56H35NOS. The highest BCUT2D eigenvalue weighted by atomic mass is 32.1. The maximum atomic E-state index is 6.81. The average Bonchev–Trinajstić information content (AvgIpc) is 3.90. The molecule has 276 valence electrons. The van der Waals surface area contributed by atoms with E-state index in [2.05, 4.69) is 217 Å². The SMILES string of the molecule is c1ccc(-c2ccc(N(c3ccc(-c4ccc(-c5ccccc5)c5sc6ccccc6c45)cc3)c3cccc4c3ccc3ccccc34)c3c2oc2ccccc23)cc1. The minimum Gasteiger partial charge on any atom is -0.455 e. The van der Waals surface area contributed by atoms with Gasteiger partial charge in [-0.2, -0.15) is 0 Å². The van der Waals surface area contributed by atoms with Crippen molar-refractivity contribution in [2.24, 2.45) is 0 Å². The standard InChI is InChI=1S/C56H35NOS/c1-3-14-36(15-4-1)43-34-35-50(54-47-20-9-11-24-51(47)58-55(43)54)57(49-23-13-22-45-41-19-8-7-18-38(41)28-31-46(45)49)40-29-26-39(27-30-40)42-32-33-44(37-16-5-2-6-17-37)56-53(42)48-21-10-12-25-52(48)59-56/h1-35H. The summed E-state index contributed by atoms with van der Waals surface area (Å²) >= 11 is 1.88. The number of para-hydroxylation sites is 1. The van der Waals surface area contributed by atoms with Crippen molar-refractivity contribution >= 4 is 92.1 Å². The zero-order valence-electron chi connectivity index (χ0n) is 32.0. The first kappa shape index (κ1) is 33.7. The summed E-state index contributed by atoms with van der Waals surface area (Å²) in [4.78, 5) is 2.44. The summed E-state index contributed by atoms with van der Waals surface area (Å²) in [5.41, 5.74) is 12.1. The number of rotatable bonds is 6. The van der Waals surface area contributed by atoms with E-state index in [0.717, 1.165) is 50.1 Å². The van der Waals surface area contributed by atoms with E-state index in [1.807, 2.05) is 11.3 Å². The van der Waals surface area contributed by atoms with E-state index in [4.69, 9.17) is 4.42 Å². The van der Waals surface area contributed by atoms with E-state index in [0.29, 0.717) is 0 Å². The Bertz CT molecular complexity index is 3550. The molecule has 12 rings (SSSR count). The highest BCUT2D eigenvalue weighted by molar-refractivity contribution is 7.26. The molecule has 0 aliphatic heterocycles. The Hall–Kier alpha value is -7.46. The number of hydrogen-bond donors (Lipinski definition) is 0. The summed E-state index contributed by atoms with van der Waals surface area (Å²) < 4.78 is 9.42. The van der Waals surface area contributed by atoms with Crippen molar-refractivity contribution in [1.82, 2.24) is 0 Å². The predicted octanol–water partition coefficient (Wildman–Crippen LogP) is 16.7. The Balaban J connectivity index is 1.10. The predicted molar refractivity (Wildman–Crippen MR) is 253 cm³/mol. The molecule has 0 radical (unpaired) electrons. The topological polar surface area (TPSA) is 16.4 Å². The third kappa shape index (κ3) is 5.40. The lowest BCUT2D eigenvalue weighted by Crippen LogP contribution is -2.11. The molecule has 12 aromatic rings. The molecule has 0 saturated carbocycles. The molecule has 2 aromatic heterocycles. The Kier molecular flexibility index (Phi) is 7.75. The van der Waals surface area contributed by atoms with Crippen molar-refractivity contribution in [3.8, 4) is 33.4 Å². The molecule has 0 N–H and O–H groups in total. The molecule has 0 aliphatic rings. The molecule has 0 amide bonds. The first-order chi connectivity index (χ1) is 29.3. The van der Waals surface area contributed by atoms with Crippen molar-refractivity contribution in [3.63, 3.8) is 0 Å². The van der Waals surface area contributed by atoms with Gasteiger partial charge in [-0.1, -0.05) is 170 Å². The van der Waals surface area contributed by atoms with E-state index in [1.54, 1.807) is 0 Å². The van der Waals surface area contributed by atoms with Crippen LogP contribution >= 0.6 is 11.3 Å². The number of thiophene rings is 1. The lowest BCUT2D eigenvalue weighted by atomic mass is 9.94. The van der Waals surface area contributed by atoms with Gasteiger partial charge in [0.05, 0.1) is 16.8 Å². The second-order valence-electron chi connectivity index (χ2n) is 15.2. The molecule has 2 heterocycles. The van der Waals surface area contributed by atoms with E-state index < -0.39 is 0 Å². The van der Waals surface area contributed by atoms with Crippen LogP contribution in [0, 0.1) is 0 Å². The summed E-state index contributed by atoms with van der Waals surface area (Å²) in [6.07, 6.45) is 0. The fraction of sp³-hybridized carbons (Fsp3) is 0. The first-order valence-corrected chi connectivity index (χ1v) is 20.9. The van der Waals surface area contributed by atoms with Gasteiger partial charge in [0.1, 0.15) is 11.2 Å². The van der Waals surface area contributed by atoms with Crippen molar-refractivity contribution in [1.29, 1.82) is 0 Å². The van der Waals surface area contributed by atoms with E-state index in [9.17, 15) is 0 Å². The third-order valence-electron chi connectivity index (χ3n) is 11.9. The van der Waals surface area contributed by atoms with Gasteiger partial charge in [-0.05, 0) is 86.4 Å². The number of furan rings is 1. The highest BCUT2D eigenvalue weighted by Crippen LogP contribution is 2.49. The van der Waals surface area contributed by atoms with Gasteiger partial charge in [0.2, 0.25) is 0 Å². The molecule has 3 heteroatoms. The van der Waals surface area contributed by atoms with E-state index in [-0.39, 0.29) is 0 Å². The number of anilines is 3. The van der Waals surface area contributed by atoms with Crippen LogP contribution in [0.2, 0.25) is 0 Å². The molecule has 2 nitrogen and oxygen atoms in total. The van der Waals surface area contributed by atoms with Crippen LogP contribution in [0.25, 0.3) is 97.0 Å². The largest absolute Gasteiger partial charge is 0.455 e. The summed E-state index contributed by atoms with van der Waals surface area (Å²) in [6.45, 7) is 0. The van der Waals surface area contributed by atoms with Gasteiger partial charge in [-0.3, -0.25) is 0 Å². The smallest absolute Gasteiger partial charge is 0.145 e. The summed E-state index contributed by atoms with van der Waals surface area (Å²) in [6, 6.07) is 76.8. The quantitative estimate of drug-likeness (QED) is 0.157. The van der Waals surface area contributed by atoms with Gasteiger partial charge in [0, 0.05) is 42.2 Å². The molecule has 10 aromatic carbocycles. The Morgan fingerprint density at radius 2 is 0.983 bits per heavy atom. The van der Waals surface area contributed by atoms with Gasteiger partial charge in [-0.25, -0.2) is 0 Å². The van der Waals surface area contributed by atoms with Crippen LogP contribution in [-0.4, -0.2) is 0 Å². The molecule has 0 bridgehead atoms. The third-order valence-corrected chi connectivity index (χ3v) is 13.1. The minimum absolute atomic E-state index is 0.872. The zero-order chi connectivity index (χ0) is 38.9. The summed E-state index contributed by atoms with van der Waals surface area (Å²) in [7, 11) is 0. The fourth-order valence-electron chi connectivity index (χ4n) is 9.17. The first-order valence-electron chi connectivity index (χ1n) is 20.1. The minimum atomic E-state index is 0.872. The number of benzene rings is 10. The lowest BCUT2D eigenvalue weighted by Gasteiger charge is -2.28. The van der Waals surface area contributed by atoms with Crippen LogP contribution in [0.5, 0.6) is 0 Å². The Labute approximate surface area is 345 Å². The normalized spacial score (nSPS) is 11.7. The van der Waals surface area contributed by atoms with Crippen LogP contribution in [0.3, 0.4) is 0 Å². The van der Waals surface area contributed by atoms with Crippen LogP contribution < -0.4 is 4.90 Å². The second-order valence-corrected chi connectivity index (χ2v) is 16.2. The Morgan fingerprint density at radius 1 is 0.356 bits per heavy atom. The molecular weight excluding hydrogens is 735 g/mol. The van der Waals surface area contributed by atoms with Crippen molar-refractivity contribution in [2.75, 3.05) is 4.90 Å². The van der Waals surface area contributed by atoms with Crippen LogP contribution in [0.4, 0.5) is 17.1 Å². The lowest BCUT2D eigenvalue weighted by molar-refractivity contribution is 0.670. The van der Waals surface area contributed by atoms with E-state index in [1.165, 1.54) is 64.0 Å². The molecule has 0 unspecified atom stereocenters. The van der Waals surface area contributed by atoms with Gasteiger partial charge in [-0.15, -0.1) is 11.3 Å². The second kappa shape index (κ2) is 13.6. The fourth-order valence-corrected chi connectivity index (χ4v) is 10.4. The van der Waals surface area contributed by atoms with Crippen LogP contribution in [0.1, 0.15) is 0 Å². The van der Waals surface area contributed by atoms with Crippen molar-refractivity contribution in [2.45, 2.75) is 0 Å². The molecule has 59 heavy (non-hydrogen) atoms. The maximum absolute atomic E-state index is 6.81. The van der Waals surface area contributed by atoms with Gasteiger partial charge in [0.15, 0.2) is 0 Å². The van der Waals surface area contributed by atoms with Crippen LogP contribution in [0.15, 0.2) is 217 Å². The molecule has 0 aliphatic carbocycles. The van der Waals surface area contributed by atoms with E-state index >= 15 is 0 Å². The van der Waals surface area contributed by atoms with Gasteiger partial charge in [0.25, 0.3) is 0 Å². The molecule has 0 spiro atoms. The molecule has 0 atom stereocenters.